The number of hydrogen-bond acceptors (Lipinski definition) is 4. The molecule has 0 heterocycles. The number of ether oxygens (including phenoxy) is 2. The van der Waals surface area contributed by atoms with E-state index in [2.05, 4.69) is 45.6 Å². The highest BCUT2D eigenvalue weighted by atomic mass is 79.9. The Labute approximate surface area is 191 Å². The van der Waals surface area contributed by atoms with Gasteiger partial charge in [0.15, 0.2) is 11.5 Å². The third-order valence-corrected chi connectivity index (χ3v) is 5.48. The van der Waals surface area contributed by atoms with Crippen molar-refractivity contribution in [2.45, 2.75) is 33.9 Å². The van der Waals surface area contributed by atoms with Crippen LogP contribution in [-0.4, -0.2) is 12.5 Å². The number of rotatable bonds is 9. The van der Waals surface area contributed by atoms with Gasteiger partial charge in [0, 0.05) is 29.3 Å². The average molecular weight is 483 g/mol. The molecule has 0 aliphatic carbocycles. The molecule has 1 amide bonds. The van der Waals surface area contributed by atoms with Gasteiger partial charge in [0.1, 0.15) is 6.61 Å². The normalized spacial score (nSPS) is 10.5. The second-order valence-electron chi connectivity index (χ2n) is 7.15. The molecule has 0 unspecified atom stereocenters. The predicted octanol–water partition coefficient (Wildman–Crippen LogP) is 6.31. The van der Waals surface area contributed by atoms with Gasteiger partial charge in [-0.05, 0) is 66.9 Å². The van der Waals surface area contributed by atoms with Crippen molar-refractivity contribution in [2.75, 3.05) is 17.2 Å². The minimum absolute atomic E-state index is 0.0853. The van der Waals surface area contributed by atoms with E-state index in [1.54, 1.807) is 0 Å². The summed E-state index contributed by atoms with van der Waals surface area (Å²) in [6.45, 7) is 7.18. The van der Waals surface area contributed by atoms with Crippen LogP contribution in [-0.2, 0) is 17.9 Å². The lowest BCUT2D eigenvalue weighted by molar-refractivity contribution is -0.114. The third-order valence-electron chi connectivity index (χ3n) is 4.75. The van der Waals surface area contributed by atoms with Crippen LogP contribution in [0.3, 0.4) is 0 Å². The first-order valence-electron chi connectivity index (χ1n) is 10.2. The molecule has 6 heteroatoms. The maximum Gasteiger partial charge on any atom is 0.221 e. The molecule has 0 aliphatic rings. The van der Waals surface area contributed by atoms with E-state index in [1.165, 1.54) is 12.5 Å². The van der Waals surface area contributed by atoms with Crippen molar-refractivity contribution in [3.63, 3.8) is 0 Å². The predicted molar refractivity (Wildman–Crippen MR) is 129 cm³/mol. The number of amides is 1. The van der Waals surface area contributed by atoms with Gasteiger partial charge in [-0.15, -0.1) is 0 Å². The molecule has 0 bridgehead atoms. The number of nitrogens with one attached hydrogen (secondary N) is 2. The number of anilines is 2. The van der Waals surface area contributed by atoms with Crippen molar-refractivity contribution in [1.29, 1.82) is 0 Å². The van der Waals surface area contributed by atoms with Gasteiger partial charge in [0.2, 0.25) is 5.91 Å². The van der Waals surface area contributed by atoms with Crippen molar-refractivity contribution in [3.05, 3.63) is 81.8 Å². The Hall–Kier alpha value is -2.99. The van der Waals surface area contributed by atoms with Crippen LogP contribution in [0.2, 0.25) is 0 Å². The number of halogens is 1. The summed E-state index contributed by atoms with van der Waals surface area (Å²) in [5.74, 6) is 1.34. The van der Waals surface area contributed by atoms with Crippen LogP contribution in [0, 0.1) is 6.92 Å². The molecule has 0 saturated heterocycles. The van der Waals surface area contributed by atoms with Gasteiger partial charge >= 0.3 is 0 Å². The van der Waals surface area contributed by atoms with Crippen LogP contribution in [0.5, 0.6) is 11.5 Å². The lowest BCUT2D eigenvalue weighted by Crippen LogP contribution is -2.06. The topological polar surface area (TPSA) is 59.6 Å². The smallest absolute Gasteiger partial charge is 0.221 e. The molecular formula is C25H27BrN2O3. The van der Waals surface area contributed by atoms with Crippen LogP contribution in [0.4, 0.5) is 11.4 Å². The zero-order valence-electron chi connectivity index (χ0n) is 18.0. The second kappa shape index (κ2) is 10.9. The van der Waals surface area contributed by atoms with Crippen LogP contribution in [0.15, 0.2) is 65.1 Å². The van der Waals surface area contributed by atoms with Gasteiger partial charge in [-0.3, -0.25) is 4.79 Å². The Kier molecular flexibility index (Phi) is 7.95. The molecule has 0 atom stereocenters. The molecule has 3 aromatic carbocycles. The largest absolute Gasteiger partial charge is 0.490 e. The number of carbonyl (C=O) groups excluding carboxylic acids is 1. The Bertz CT molecular complexity index is 1040. The fraction of sp³-hybridized carbons (Fsp3) is 0.240. The van der Waals surface area contributed by atoms with Crippen molar-refractivity contribution < 1.29 is 14.3 Å². The van der Waals surface area contributed by atoms with Gasteiger partial charge in [-0.1, -0.05) is 40.2 Å². The highest BCUT2D eigenvalue weighted by molar-refractivity contribution is 9.10. The van der Waals surface area contributed by atoms with E-state index in [4.69, 9.17) is 9.47 Å². The minimum Gasteiger partial charge on any atom is -0.490 e. The highest BCUT2D eigenvalue weighted by Crippen LogP contribution is 2.35. The van der Waals surface area contributed by atoms with E-state index in [1.807, 2.05) is 55.5 Å². The number of aryl methyl sites for hydroxylation is 1. The van der Waals surface area contributed by atoms with Crippen molar-refractivity contribution >= 4 is 33.2 Å². The average Bonchev–Trinajstić information content (AvgIpc) is 2.74. The van der Waals surface area contributed by atoms with Crippen LogP contribution in [0.1, 0.15) is 30.5 Å². The molecular weight excluding hydrogens is 456 g/mol. The van der Waals surface area contributed by atoms with Crippen molar-refractivity contribution in [3.8, 4) is 11.5 Å². The van der Waals surface area contributed by atoms with E-state index in [0.717, 1.165) is 32.7 Å². The summed E-state index contributed by atoms with van der Waals surface area (Å²) in [5.41, 5.74) is 5.13. The van der Waals surface area contributed by atoms with Gasteiger partial charge in [0.05, 0.1) is 6.61 Å². The molecule has 31 heavy (non-hydrogen) atoms. The first-order chi connectivity index (χ1) is 15.0. The summed E-state index contributed by atoms with van der Waals surface area (Å²) >= 11 is 3.66. The number of hydrogen-bond donors (Lipinski definition) is 2. The molecule has 2 N–H and O–H groups in total. The van der Waals surface area contributed by atoms with Gasteiger partial charge in [-0.2, -0.15) is 0 Å². The fourth-order valence-electron chi connectivity index (χ4n) is 3.09. The molecule has 0 aliphatic heterocycles. The Morgan fingerprint density at radius 1 is 0.935 bits per heavy atom. The lowest BCUT2D eigenvalue weighted by atomic mass is 10.1. The Morgan fingerprint density at radius 2 is 1.61 bits per heavy atom. The first kappa shape index (κ1) is 22.7. The third kappa shape index (κ3) is 6.49. The lowest BCUT2D eigenvalue weighted by Gasteiger charge is -2.16. The summed E-state index contributed by atoms with van der Waals surface area (Å²) in [4.78, 5) is 11.1. The van der Waals surface area contributed by atoms with Crippen molar-refractivity contribution in [2.24, 2.45) is 0 Å². The fourth-order valence-corrected chi connectivity index (χ4v) is 3.56. The summed E-state index contributed by atoms with van der Waals surface area (Å²) in [7, 11) is 0. The maximum absolute atomic E-state index is 11.1. The molecule has 0 spiro atoms. The molecule has 0 fully saturated rings. The van der Waals surface area contributed by atoms with Crippen LogP contribution < -0.4 is 20.1 Å². The molecule has 3 aromatic rings. The molecule has 162 valence electrons. The zero-order valence-corrected chi connectivity index (χ0v) is 19.6. The summed E-state index contributed by atoms with van der Waals surface area (Å²) in [6, 6.07) is 19.7. The summed E-state index contributed by atoms with van der Waals surface area (Å²) < 4.78 is 12.9. The van der Waals surface area contributed by atoms with E-state index >= 15 is 0 Å². The summed E-state index contributed by atoms with van der Waals surface area (Å²) in [6.07, 6.45) is 0. The standard InChI is InChI=1S/C25H27BrN2O3/c1-4-30-24-13-20(15-27-21-9-11-22(12-10-21)28-18(3)29)23(26)14-25(24)31-16-19-8-6-5-7-17(19)2/h5-14,27H,4,15-16H2,1-3H3,(H,28,29). The Morgan fingerprint density at radius 3 is 2.29 bits per heavy atom. The minimum atomic E-state index is -0.0853. The molecule has 0 saturated carbocycles. The number of carbonyl (C=O) groups is 1. The summed E-state index contributed by atoms with van der Waals surface area (Å²) in [5, 5.41) is 6.16. The molecule has 5 nitrogen and oxygen atoms in total. The zero-order chi connectivity index (χ0) is 22.2. The Balaban J connectivity index is 1.70. The van der Waals surface area contributed by atoms with Gasteiger partial charge in [-0.25, -0.2) is 0 Å². The van der Waals surface area contributed by atoms with E-state index < -0.39 is 0 Å². The number of benzene rings is 3. The van der Waals surface area contributed by atoms with E-state index in [0.29, 0.717) is 25.5 Å². The SMILES string of the molecule is CCOc1cc(CNc2ccc(NC(C)=O)cc2)c(Br)cc1OCc1ccccc1C. The van der Waals surface area contributed by atoms with Crippen LogP contribution >= 0.6 is 15.9 Å². The van der Waals surface area contributed by atoms with Gasteiger partial charge < -0.3 is 20.1 Å². The highest BCUT2D eigenvalue weighted by Gasteiger charge is 2.12. The molecule has 3 rings (SSSR count). The second-order valence-corrected chi connectivity index (χ2v) is 8.00. The van der Waals surface area contributed by atoms with E-state index in [-0.39, 0.29) is 5.91 Å². The van der Waals surface area contributed by atoms with Crippen molar-refractivity contribution in [1.82, 2.24) is 0 Å². The molecule has 0 aromatic heterocycles. The quantitative estimate of drug-likeness (QED) is 0.375. The van der Waals surface area contributed by atoms with E-state index in [9.17, 15) is 4.79 Å². The molecule has 0 radical (unpaired) electrons. The first-order valence-corrected chi connectivity index (χ1v) is 11.0. The maximum atomic E-state index is 11.1. The monoisotopic (exact) mass is 482 g/mol. The van der Waals surface area contributed by atoms with Crippen LogP contribution in [0.25, 0.3) is 0 Å². The van der Waals surface area contributed by atoms with Gasteiger partial charge in [0.25, 0.3) is 0 Å².